The van der Waals surface area contributed by atoms with Crippen LogP contribution in [0.2, 0.25) is 0 Å². The van der Waals surface area contributed by atoms with Crippen LogP contribution in [0.1, 0.15) is 19.4 Å². The van der Waals surface area contributed by atoms with Crippen molar-refractivity contribution in [2.45, 2.75) is 13.8 Å². The largest absolute Gasteiger partial charge is 0.364 e. The molecular weight excluding hydrogens is 202 g/mol. The fourth-order valence-electron chi connectivity index (χ4n) is 1.24. The molecule has 0 bridgehead atoms. The van der Waals surface area contributed by atoms with E-state index in [1.54, 1.807) is 11.1 Å². The summed E-state index contributed by atoms with van der Waals surface area (Å²) in [7, 11) is 0. The fourth-order valence-corrected chi connectivity index (χ4v) is 1.24. The Hall–Kier alpha value is -1.61. The Labute approximate surface area is 96.3 Å². The zero-order valence-electron chi connectivity index (χ0n) is 9.72. The molecule has 0 spiro atoms. The summed E-state index contributed by atoms with van der Waals surface area (Å²) in [5.41, 5.74) is 0.985. The van der Waals surface area contributed by atoms with Crippen LogP contribution in [0.25, 0.3) is 6.08 Å². The van der Waals surface area contributed by atoms with Crippen LogP contribution >= 0.6 is 0 Å². The molecule has 86 valence electrons. The number of hydrogen-bond donors (Lipinski definition) is 0. The van der Waals surface area contributed by atoms with E-state index in [0.717, 1.165) is 5.56 Å². The molecule has 0 aromatic heterocycles. The molecule has 0 saturated carbocycles. The highest BCUT2D eigenvalue weighted by Crippen LogP contribution is 2.01. The first-order chi connectivity index (χ1) is 7.76. The van der Waals surface area contributed by atoms with E-state index < -0.39 is 0 Å². The Bertz CT molecular complexity index is 342. The Kier molecular flexibility index (Phi) is 5.29. The fraction of sp³-hybridized carbons (Fsp3) is 0.308. The van der Waals surface area contributed by atoms with Crippen molar-refractivity contribution in [2.75, 3.05) is 13.1 Å². The molecule has 16 heavy (non-hydrogen) atoms. The SMILES string of the molecule is CCN(CC)OC(=O)/C=C\c1ccccc1. The van der Waals surface area contributed by atoms with Crippen LogP contribution in [0, 0.1) is 0 Å². The third-order valence-electron chi connectivity index (χ3n) is 2.14. The monoisotopic (exact) mass is 219 g/mol. The van der Waals surface area contributed by atoms with E-state index in [-0.39, 0.29) is 5.97 Å². The molecule has 0 saturated heterocycles. The molecule has 1 aromatic carbocycles. The number of hydrogen-bond acceptors (Lipinski definition) is 3. The summed E-state index contributed by atoms with van der Waals surface area (Å²) < 4.78 is 0. The van der Waals surface area contributed by atoms with Crippen LogP contribution in [0.3, 0.4) is 0 Å². The molecule has 0 aliphatic carbocycles. The predicted octanol–water partition coefficient (Wildman–Crippen LogP) is 2.50. The standard InChI is InChI=1S/C13H17NO2/c1-3-14(4-2)16-13(15)11-10-12-8-6-5-7-9-12/h5-11H,3-4H2,1-2H3/b11-10-. The molecule has 0 amide bonds. The summed E-state index contributed by atoms with van der Waals surface area (Å²) in [5, 5.41) is 1.61. The summed E-state index contributed by atoms with van der Waals surface area (Å²) in [5.74, 6) is -0.340. The van der Waals surface area contributed by atoms with Crippen molar-refractivity contribution >= 4 is 12.0 Å². The minimum atomic E-state index is -0.340. The van der Waals surface area contributed by atoms with Crippen molar-refractivity contribution in [3.8, 4) is 0 Å². The van der Waals surface area contributed by atoms with E-state index in [4.69, 9.17) is 4.84 Å². The molecule has 0 N–H and O–H groups in total. The highest BCUT2D eigenvalue weighted by Gasteiger charge is 2.03. The first-order valence-corrected chi connectivity index (χ1v) is 5.46. The van der Waals surface area contributed by atoms with Gasteiger partial charge in [0, 0.05) is 19.2 Å². The first-order valence-electron chi connectivity index (χ1n) is 5.46. The van der Waals surface area contributed by atoms with Gasteiger partial charge in [-0.1, -0.05) is 30.3 Å². The molecule has 3 heteroatoms. The number of benzene rings is 1. The van der Waals surface area contributed by atoms with E-state index in [2.05, 4.69) is 0 Å². The molecule has 0 aliphatic heterocycles. The Morgan fingerprint density at radius 1 is 1.25 bits per heavy atom. The predicted molar refractivity (Wildman–Crippen MR) is 64.5 cm³/mol. The average molecular weight is 219 g/mol. The van der Waals surface area contributed by atoms with Crippen molar-refractivity contribution in [1.82, 2.24) is 5.06 Å². The van der Waals surface area contributed by atoms with Crippen molar-refractivity contribution in [2.24, 2.45) is 0 Å². The first kappa shape index (κ1) is 12.5. The van der Waals surface area contributed by atoms with E-state index in [1.807, 2.05) is 44.2 Å². The second-order valence-electron chi connectivity index (χ2n) is 3.27. The minimum absolute atomic E-state index is 0.340. The third-order valence-corrected chi connectivity index (χ3v) is 2.14. The minimum Gasteiger partial charge on any atom is -0.364 e. The quantitative estimate of drug-likeness (QED) is 0.563. The number of nitrogens with zero attached hydrogens (tertiary/aromatic N) is 1. The van der Waals surface area contributed by atoms with Gasteiger partial charge < -0.3 is 4.84 Å². The number of carbonyl (C=O) groups excluding carboxylic acids is 1. The lowest BCUT2D eigenvalue weighted by Gasteiger charge is -2.15. The van der Waals surface area contributed by atoms with Crippen molar-refractivity contribution in [1.29, 1.82) is 0 Å². The van der Waals surface area contributed by atoms with Gasteiger partial charge in [-0.3, -0.25) is 0 Å². The van der Waals surface area contributed by atoms with E-state index in [9.17, 15) is 4.79 Å². The lowest BCUT2D eigenvalue weighted by Crippen LogP contribution is -2.25. The molecule has 3 nitrogen and oxygen atoms in total. The van der Waals surface area contributed by atoms with Crippen LogP contribution in [0.5, 0.6) is 0 Å². The van der Waals surface area contributed by atoms with Crippen LogP contribution < -0.4 is 0 Å². The highest BCUT2D eigenvalue weighted by atomic mass is 16.7. The Balaban J connectivity index is 2.48. The Morgan fingerprint density at radius 2 is 1.88 bits per heavy atom. The smallest absolute Gasteiger partial charge is 0.349 e. The summed E-state index contributed by atoms with van der Waals surface area (Å²) in [6.07, 6.45) is 3.18. The van der Waals surface area contributed by atoms with Gasteiger partial charge in [-0.05, 0) is 25.5 Å². The van der Waals surface area contributed by atoms with Gasteiger partial charge in [0.15, 0.2) is 0 Å². The van der Waals surface area contributed by atoms with Crippen molar-refractivity contribution < 1.29 is 9.63 Å². The maximum atomic E-state index is 11.4. The number of rotatable bonds is 5. The summed E-state index contributed by atoms with van der Waals surface area (Å²) in [4.78, 5) is 16.5. The van der Waals surface area contributed by atoms with Gasteiger partial charge in [-0.25, -0.2) is 4.79 Å². The second-order valence-corrected chi connectivity index (χ2v) is 3.27. The molecule has 1 aromatic rings. The number of carbonyl (C=O) groups is 1. The van der Waals surface area contributed by atoms with Crippen LogP contribution in [0.4, 0.5) is 0 Å². The third kappa shape index (κ3) is 4.28. The molecule has 0 aliphatic rings. The lowest BCUT2D eigenvalue weighted by atomic mass is 10.2. The molecule has 0 atom stereocenters. The zero-order chi connectivity index (χ0) is 11.8. The van der Waals surface area contributed by atoms with Crippen molar-refractivity contribution in [3.05, 3.63) is 42.0 Å². The van der Waals surface area contributed by atoms with Crippen molar-refractivity contribution in [3.63, 3.8) is 0 Å². The maximum absolute atomic E-state index is 11.4. The normalized spacial score (nSPS) is 10.9. The maximum Gasteiger partial charge on any atom is 0.349 e. The average Bonchev–Trinajstić information content (AvgIpc) is 2.34. The Morgan fingerprint density at radius 3 is 2.44 bits per heavy atom. The molecule has 0 unspecified atom stereocenters. The van der Waals surface area contributed by atoms with E-state index in [0.29, 0.717) is 13.1 Å². The van der Waals surface area contributed by atoms with E-state index in [1.165, 1.54) is 6.08 Å². The van der Waals surface area contributed by atoms with Gasteiger partial charge in [-0.2, -0.15) is 0 Å². The van der Waals surface area contributed by atoms with Gasteiger partial charge in [0.2, 0.25) is 0 Å². The molecular formula is C13H17NO2. The molecule has 0 heterocycles. The van der Waals surface area contributed by atoms with Crippen LogP contribution in [-0.2, 0) is 9.63 Å². The highest BCUT2D eigenvalue weighted by molar-refractivity contribution is 5.86. The summed E-state index contributed by atoms with van der Waals surface area (Å²) >= 11 is 0. The van der Waals surface area contributed by atoms with Gasteiger partial charge in [-0.15, -0.1) is 5.06 Å². The topological polar surface area (TPSA) is 29.5 Å². The van der Waals surface area contributed by atoms with Gasteiger partial charge in [0.25, 0.3) is 0 Å². The van der Waals surface area contributed by atoms with Crippen LogP contribution in [-0.4, -0.2) is 24.1 Å². The lowest BCUT2D eigenvalue weighted by molar-refractivity contribution is -0.182. The second kappa shape index (κ2) is 6.80. The van der Waals surface area contributed by atoms with Gasteiger partial charge in [0.05, 0.1) is 0 Å². The van der Waals surface area contributed by atoms with Crippen LogP contribution in [0.15, 0.2) is 36.4 Å². The summed E-state index contributed by atoms with van der Waals surface area (Å²) in [6.45, 7) is 5.28. The van der Waals surface area contributed by atoms with Gasteiger partial charge >= 0.3 is 5.97 Å². The number of hydroxylamine groups is 2. The van der Waals surface area contributed by atoms with Gasteiger partial charge in [0.1, 0.15) is 0 Å². The van der Waals surface area contributed by atoms with E-state index >= 15 is 0 Å². The zero-order valence-corrected chi connectivity index (χ0v) is 9.72. The molecule has 0 fully saturated rings. The summed E-state index contributed by atoms with van der Waals surface area (Å²) in [6, 6.07) is 9.65. The molecule has 1 rings (SSSR count). The molecule has 0 radical (unpaired) electrons.